The second-order valence-electron chi connectivity index (χ2n) is 5.47. The monoisotopic (exact) mass is 334 g/mol. The Labute approximate surface area is 135 Å². The summed E-state index contributed by atoms with van der Waals surface area (Å²) in [7, 11) is 0. The van der Waals surface area contributed by atoms with Crippen LogP contribution in [-0.4, -0.2) is 17.1 Å². The number of oxazole rings is 1. The van der Waals surface area contributed by atoms with Gasteiger partial charge in [0.05, 0.1) is 0 Å². The highest BCUT2D eigenvalue weighted by molar-refractivity contribution is 5.96. The second-order valence-corrected chi connectivity index (χ2v) is 5.47. The van der Waals surface area contributed by atoms with Gasteiger partial charge in [-0.2, -0.15) is 13.2 Å². The van der Waals surface area contributed by atoms with Gasteiger partial charge in [-0.25, -0.2) is 4.98 Å². The maximum Gasteiger partial charge on any atom is 0.471 e. The Morgan fingerprint density at radius 3 is 2.54 bits per heavy atom. The minimum Gasteiger partial charge on any atom is -0.436 e. The molecular formula is C17H13F3N2O2. The Morgan fingerprint density at radius 1 is 1.12 bits per heavy atom. The Bertz CT molecular complexity index is 929. The summed E-state index contributed by atoms with van der Waals surface area (Å²) >= 11 is 0. The molecule has 0 spiro atoms. The van der Waals surface area contributed by atoms with Gasteiger partial charge in [-0.15, -0.1) is 0 Å². The zero-order chi connectivity index (χ0) is 17.5. The number of anilines is 1. The molecule has 1 amide bonds. The van der Waals surface area contributed by atoms with Crippen molar-refractivity contribution in [2.45, 2.75) is 20.0 Å². The van der Waals surface area contributed by atoms with Crippen LogP contribution in [0.15, 0.2) is 40.8 Å². The smallest absolute Gasteiger partial charge is 0.436 e. The van der Waals surface area contributed by atoms with Crippen LogP contribution in [-0.2, 0) is 4.79 Å². The van der Waals surface area contributed by atoms with Crippen molar-refractivity contribution >= 4 is 22.7 Å². The van der Waals surface area contributed by atoms with Crippen molar-refractivity contribution in [1.29, 1.82) is 0 Å². The van der Waals surface area contributed by atoms with Crippen molar-refractivity contribution in [3.63, 3.8) is 0 Å². The highest BCUT2D eigenvalue weighted by Gasteiger charge is 2.38. The Hall–Kier alpha value is -2.83. The summed E-state index contributed by atoms with van der Waals surface area (Å²) in [5, 5.41) is 1.80. The van der Waals surface area contributed by atoms with Gasteiger partial charge in [0.2, 0.25) is 5.89 Å². The third-order valence-electron chi connectivity index (χ3n) is 3.52. The van der Waals surface area contributed by atoms with E-state index in [-0.39, 0.29) is 5.69 Å². The zero-order valence-electron chi connectivity index (χ0n) is 12.9. The molecule has 0 saturated heterocycles. The first-order valence-electron chi connectivity index (χ1n) is 7.10. The highest BCUT2D eigenvalue weighted by Crippen LogP contribution is 2.29. The van der Waals surface area contributed by atoms with Crippen molar-refractivity contribution in [3.8, 4) is 11.5 Å². The molecule has 0 aliphatic carbocycles. The number of carbonyl (C=O) groups excluding carboxylic acids is 1. The highest BCUT2D eigenvalue weighted by atomic mass is 19.4. The summed E-state index contributed by atoms with van der Waals surface area (Å²) in [4.78, 5) is 15.3. The fraction of sp³-hybridized carbons (Fsp3) is 0.176. The minimum atomic E-state index is -4.94. The van der Waals surface area contributed by atoms with Crippen molar-refractivity contribution < 1.29 is 22.4 Å². The number of aromatic nitrogens is 1. The van der Waals surface area contributed by atoms with Crippen molar-refractivity contribution in [2.75, 3.05) is 5.32 Å². The fourth-order valence-corrected chi connectivity index (χ4v) is 2.38. The number of halogens is 3. The van der Waals surface area contributed by atoms with Crippen LogP contribution < -0.4 is 5.32 Å². The topological polar surface area (TPSA) is 55.1 Å². The van der Waals surface area contributed by atoms with Gasteiger partial charge in [0.25, 0.3) is 0 Å². The fourth-order valence-electron chi connectivity index (χ4n) is 2.38. The van der Waals surface area contributed by atoms with E-state index in [9.17, 15) is 18.0 Å². The van der Waals surface area contributed by atoms with Gasteiger partial charge in [0, 0.05) is 11.3 Å². The van der Waals surface area contributed by atoms with Gasteiger partial charge in [0.15, 0.2) is 5.58 Å². The molecule has 3 aromatic rings. The van der Waals surface area contributed by atoms with Crippen molar-refractivity contribution in [3.05, 3.63) is 47.5 Å². The molecule has 1 heterocycles. The predicted molar refractivity (Wildman–Crippen MR) is 83.6 cm³/mol. The summed E-state index contributed by atoms with van der Waals surface area (Å²) in [6.45, 7) is 3.89. The van der Waals surface area contributed by atoms with Crippen molar-refractivity contribution in [2.24, 2.45) is 0 Å². The standard InChI is InChI=1S/C17H13F3N2O2/c1-9-3-5-12(10(2)7-9)15-22-13-8-11(4-6-14(13)24-15)21-16(23)17(18,19)20/h3-8H,1-2H3,(H,21,23). The lowest BCUT2D eigenvalue weighted by Crippen LogP contribution is -2.29. The van der Waals surface area contributed by atoms with E-state index in [0.717, 1.165) is 16.7 Å². The second kappa shape index (κ2) is 5.67. The van der Waals surface area contributed by atoms with E-state index in [1.165, 1.54) is 18.2 Å². The van der Waals surface area contributed by atoms with Gasteiger partial charge < -0.3 is 9.73 Å². The van der Waals surface area contributed by atoms with E-state index in [1.807, 2.05) is 32.0 Å². The third kappa shape index (κ3) is 3.10. The molecule has 2 aromatic carbocycles. The van der Waals surface area contributed by atoms with Crippen LogP contribution in [0.1, 0.15) is 11.1 Å². The quantitative estimate of drug-likeness (QED) is 0.744. The molecule has 0 aliphatic heterocycles. The van der Waals surface area contributed by atoms with E-state index >= 15 is 0 Å². The molecule has 7 heteroatoms. The first-order chi connectivity index (χ1) is 11.2. The van der Waals surface area contributed by atoms with Crippen LogP contribution in [0.2, 0.25) is 0 Å². The molecule has 0 atom stereocenters. The van der Waals surface area contributed by atoms with Crippen LogP contribution in [0.25, 0.3) is 22.6 Å². The summed E-state index contributed by atoms with van der Waals surface area (Å²) in [6, 6.07) is 9.94. The number of nitrogens with zero attached hydrogens (tertiary/aromatic N) is 1. The number of hydrogen-bond donors (Lipinski definition) is 1. The van der Waals surface area contributed by atoms with Gasteiger partial charge >= 0.3 is 12.1 Å². The Kier molecular flexibility index (Phi) is 3.79. The number of aryl methyl sites for hydroxylation is 2. The molecule has 1 N–H and O–H groups in total. The summed E-state index contributed by atoms with van der Waals surface area (Å²) in [5.74, 6) is -1.65. The number of alkyl halides is 3. The van der Waals surface area contributed by atoms with Crippen molar-refractivity contribution in [1.82, 2.24) is 4.98 Å². The SMILES string of the molecule is Cc1ccc(-c2nc3cc(NC(=O)C(F)(F)F)ccc3o2)c(C)c1. The van der Waals surface area contributed by atoms with Gasteiger partial charge in [-0.3, -0.25) is 4.79 Å². The van der Waals surface area contributed by atoms with Gasteiger partial charge in [0.1, 0.15) is 5.52 Å². The molecule has 0 aliphatic rings. The molecule has 0 radical (unpaired) electrons. The number of nitrogens with one attached hydrogen (secondary N) is 1. The number of benzene rings is 2. The van der Waals surface area contributed by atoms with E-state index in [2.05, 4.69) is 4.98 Å². The first kappa shape index (κ1) is 16.0. The van der Waals surface area contributed by atoms with Gasteiger partial charge in [-0.1, -0.05) is 17.7 Å². The lowest BCUT2D eigenvalue weighted by molar-refractivity contribution is -0.167. The normalized spacial score (nSPS) is 11.7. The molecule has 4 nitrogen and oxygen atoms in total. The Morgan fingerprint density at radius 2 is 1.88 bits per heavy atom. The maximum atomic E-state index is 12.3. The molecule has 0 bridgehead atoms. The predicted octanol–water partition coefficient (Wildman–Crippen LogP) is 4.61. The lowest BCUT2D eigenvalue weighted by Gasteiger charge is -2.07. The Balaban J connectivity index is 1.96. The van der Waals surface area contributed by atoms with Crippen LogP contribution in [0.3, 0.4) is 0 Å². The number of rotatable bonds is 2. The summed E-state index contributed by atoms with van der Waals surface area (Å²) < 4.78 is 42.6. The van der Waals surface area contributed by atoms with Crippen LogP contribution in [0.4, 0.5) is 18.9 Å². The number of hydrogen-bond acceptors (Lipinski definition) is 3. The molecular weight excluding hydrogens is 321 g/mol. The molecule has 124 valence electrons. The zero-order valence-corrected chi connectivity index (χ0v) is 12.9. The van der Waals surface area contributed by atoms with E-state index in [0.29, 0.717) is 17.0 Å². The van der Waals surface area contributed by atoms with E-state index < -0.39 is 12.1 Å². The molecule has 1 aromatic heterocycles. The minimum absolute atomic E-state index is 0.00491. The van der Waals surface area contributed by atoms with Crippen LogP contribution in [0, 0.1) is 13.8 Å². The molecule has 24 heavy (non-hydrogen) atoms. The molecule has 0 saturated carbocycles. The lowest BCUT2D eigenvalue weighted by atomic mass is 10.1. The third-order valence-corrected chi connectivity index (χ3v) is 3.52. The average molecular weight is 334 g/mol. The molecule has 0 unspecified atom stereocenters. The van der Waals surface area contributed by atoms with Crippen LogP contribution >= 0.6 is 0 Å². The number of fused-ring (bicyclic) bond motifs is 1. The molecule has 3 rings (SSSR count). The van der Waals surface area contributed by atoms with E-state index in [4.69, 9.17) is 4.42 Å². The van der Waals surface area contributed by atoms with Crippen LogP contribution in [0.5, 0.6) is 0 Å². The largest absolute Gasteiger partial charge is 0.471 e. The number of amides is 1. The maximum absolute atomic E-state index is 12.3. The average Bonchev–Trinajstić information content (AvgIpc) is 2.88. The van der Waals surface area contributed by atoms with Gasteiger partial charge in [-0.05, 0) is 43.7 Å². The summed E-state index contributed by atoms with van der Waals surface area (Å²) in [6.07, 6.45) is -4.94. The van der Waals surface area contributed by atoms with E-state index in [1.54, 1.807) is 5.32 Å². The first-order valence-corrected chi connectivity index (χ1v) is 7.10. The molecule has 0 fully saturated rings. The number of carbonyl (C=O) groups is 1. The summed E-state index contributed by atoms with van der Waals surface area (Å²) in [5.41, 5.74) is 3.68.